The molecule has 24 heavy (non-hydrogen) atoms. The molecule has 2 N–H and O–H groups in total. The second kappa shape index (κ2) is 7.82. The van der Waals surface area contributed by atoms with Gasteiger partial charge in [-0.3, -0.25) is 4.79 Å². The van der Waals surface area contributed by atoms with Crippen molar-refractivity contribution in [3.05, 3.63) is 70.4 Å². The van der Waals surface area contributed by atoms with E-state index in [-0.39, 0.29) is 11.5 Å². The summed E-state index contributed by atoms with van der Waals surface area (Å²) in [5.74, 6) is -0.332. The number of allylic oxidation sites excluding steroid dienone is 1. The fraction of sp³-hybridized carbons (Fsp3) is 0.0556. The van der Waals surface area contributed by atoms with Crippen molar-refractivity contribution in [2.75, 3.05) is 10.6 Å². The van der Waals surface area contributed by atoms with Gasteiger partial charge < -0.3 is 10.6 Å². The van der Waals surface area contributed by atoms with Gasteiger partial charge in [-0.1, -0.05) is 29.8 Å². The van der Waals surface area contributed by atoms with Gasteiger partial charge in [0.1, 0.15) is 17.7 Å². The molecule has 6 heteroatoms. The molecule has 0 aliphatic heterocycles. The summed E-state index contributed by atoms with van der Waals surface area (Å²) in [4.78, 5) is 12.5. The van der Waals surface area contributed by atoms with Gasteiger partial charge in [0.2, 0.25) is 0 Å². The second-order valence-corrected chi connectivity index (χ2v) is 5.30. The number of rotatable bonds is 4. The minimum atomic E-state index is -0.332. The van der Waals surface area contributed by atoms with Crippen LogP contribution in [0.15, 0.2) is 54.2 Å². The van der Waals surface area contributed by atoms with E-state index in [1.54, 1.807) is 48.5 Å². The van der Waals surface area contributed by atoms with Crippen molar-refractivity contribution in [3.8, 4) is 12.1 Å². The van der Waals surface area contributed by atoms with Gasteiger partial charge in [-0.2, -0.15) is 10.5 Å². The Hall–Kier alpha value is -3.28. The van der Waals surface area contributed by atoms with Crippen molar-refractivity contribution in [1.82, 2.24) is 0 Å². The van der Waals surface area contributed by atoms with Gasteiger partial charge in [-0.05, 0) is 36.8 Å². The number of carbonyl (C=O) groups is 1. The summed E-state index contributed by atoms with van der Waals surface area (Å²) >= 11 is 6.06. The molecule has 0 bridgehead atoms. The van der Waals surface area contributed by atoms with E-state index < -0.39 is 0 Å². The molecule has 0 heterocycles. The van der Waals surface area contributed by atoms with Gasteiger partial charge in [0, 0.05) is 16.9 Å². The van der Waals surface area contributed by atoms with E-state index in [1.165, 1.54) is 6.20 Å². The zero-order valence-corrected chi connectivity index (χ0v) is 13.6. The van der Waals surface area contributed by atoms with E-state index in [0.717, 1.165) is 5.56 Å². The Balaban J connectivity index is 2.24. The molecule has 0 aromatic heterocycles. The van der Waals surface area contributed by atoms with Gasteiger partial charge in [-0.15, -0.1) is 0 Å². The van der Waals surface area contributed by atoms with Crippen LogP contribution in [0.1, 0.15) is 15.9 Å². The van der Waals surface area contributed by atoms with Crippen LogP contribution in [0.25, 0.3) is 0 Å². The maximum Gasteiger partial charge on any atom is 0.257 e. The maximum atomic E-state index is 12.5. The molecule has 2 aromatic carbocycles. The topological polar surface area (TPSA) is 88.7 Å². The Kier molecular flexibility index (Phi) is 5.57. The van der Waals surface area contributed by atoms with E-state index in [9.17, 15) is 4.79 Å². The van der Waals surface area contributed by atoms with Crippen LogP contribution in [0.2, 0.25) is 5.02 Å². The summed E-state index contributed by atoms with van der Waals surface area (Å²) in [6.07, 6.45) is 1.26. The molecule has 0 aliphatic rings. The van der Waals surface area contributed by atoms with Crippen LogP contribution in [0.3, 0.4) is 0 Å². The summed E-state index contributed by atoms with van der Waals surface area (Å²) in [5, 5.41) is 23.6. The Morgan fingerprint density at radius 2 is 1.88 bits per heavy atom. The number of aryl methyl sites for hydroxylation is 1. The van der Waals surface area contributed by atoms with E-state index in [1.807, 2.05) is 13.0 Å². The molecular weight excluding hydrogens is 324 g/mol. The predicted molar refractivity (Wildman–Crippen MR) is 93.5 cm³/mol. The molecule has 1 amide bonds. The zero-order chi connectivity index (χ0) is 17.5. The summed E-state index contributed by atoms with van der Waals surface area (Å²) in [6, 6.07) is 15.5. The molecule has 118 valence electrons. The first-order valence-corrected chi connectivity index (χ1v) is 7.36. The molecule has 0 aliphatic carbocycles. The number of benzene rings is 2. The molecule has 2 rings (SSSR count). The smallest absolute Gasteiger partial charge is 0.257 e. The standard InChI is InChI=1S/C18H13ClN4O/c1-12-6-7-14(8-16(12)19)23-18(24)15-4-2-3-5-17(15)22-11-13(9-20)10-21/h2-8,11,22H,1H3,(H,23,24). The minimum Gasteiger partial charge on any atom is -0.359 e. The average Bonchev–Trinajstić information content (AvgIpc) is 2.59. The average molecular weight is 337 g/mol. The summed E-state index contributed by atoms with van der Waals surface area (Å²) in [7, 11) is 0. The number of nitriles is 2. The van der Waals surface area contributed by atoms with Crippen molar-refractivity contribution < 1.29 is 4.79 Å². The van der Waals surface area contributed by atoms with E-state index in [4.69, 9.17) is 22.1 Å². The van der Waals surface area contributed by atoms with Gasteiger partial charge in [0.15, 0.2) is 0 Å². The van der Waals surface area contributed by atoms with E-state index >= 15 is 0 Å². The molecule has 0 saturated heterocycles. The zero-order valence-electron chi connectivity index (χ0n) is 12.8. The highest BCUT2D eigenvalue weighted by atomic mass is 35.5. The number of hydrogen-bond donors (Lipinski definition) is 2. The first-order chi connectivity index (χ1) is 11.5. The molecule has 0 unspecified atom stereocenters. The lowest BCUT2D eigenvalue weighted by Gasteiger charge is -2.10. The highest BCUT2D eigenvalue weighted by molar-refractivity contribution is 6.31. The lowest BCUT2D eigenvalue weighted by atomic mass is 10.1. The van der Waals surface area contributed by atoms with Crippen molar-refractivity contribution in [2.45, 2.75) is 6.92 Å². The summed E-state index contributed by atoms with van der Waals surface area (Å²) < 4.78 is 0. The number of carbonyl (C=O) groups excluding carboxylic acids is 1. The number of anilines is 2. The van der Waals surface area contributed by atoms with Gasteiger partial charge in [0.25, 0.3) is 5.91 Å². The molecule has 0 fully saturated rings. The molecule has 0 atom stereocenters. The summed E-state index contributed by atoms with van der Waals surface area (Å²) in [5.41, 5.74) is 2.27. The van der Waals surface area contributed by atoms with Crippen LogP contribution in [-0.4, -0.2) is 5.91 Å². The number of nitrogens with zero attached hydrogens (tertiary/aromatic N) is 2. The molecule has 0 saturated carbocycles. The Morgan fingerprint density at radius 1 is 1.17 bits per heavy atom. The quantitative estimate of drug-likeness (QED) is 0.817. The Labute approximate surface area is 144 Å². The molecular formula is C18H13ClN4O. The number of hydrogen-bond acceptors (Lipinski definition) is 4. The highest BCUT2D eigenvalue weighted by Gasteiger charge is 2.11. The third-order valence-corrected chi connectivity index (χ3v) is 3.62. The van der Waals surface area contributed by atoms with Crippen LogP contribution in [0.4, 0.5) is 11.4 Å². The molecule has 0 spiro atoms. The molecule has 5 nitrogen and oxygen atoms in total. The first kappa shape index (κ1) is 17.1. The first-order valence-electron chi connectivity index (χ1n) is 6.98. The fourth-order valence-electron chi connectivity index (χ4n) is 1.92. The summed E-state index contributed by atoms with van der Waals surface area (Å²) in [6.45, 7) is 1.88. The van der Waals surface area contributed by atoms with E-state index in [0.29, 0.717) is 22.0 Å². The SMILES string of the molecule is Cc1ccc(NC(=O)c2ccccc2NC=C(C#N)C#N)cc1Cl. The number of amides is 1. The van der Waals surface area contributed by atoms with Crippen molar-refractivity contribution >= 4 is 28.9 Å². The fourth-order valence-corrected chi connectivity index (χ4v) is 2.10. The number of halogens is 1. The highest BCUT2D eigenvalue weighted by Crippen LogP contribution is 2.22. The Bertz CT molecular complexity index is 875. The third-order valence-electron chi connectivity index (χ3n) is 3.21. The monoisotopic (exact) mass is 336 g/mol. The lowest BCUT2D eigenvalue weighted by molar-refractivity contribution is 0.102. The number of para-hydroxylation sites is 1. The van der Waals surface area contributed by atoms with Crippen molar-refractivity contribution in [1.29, 1.82) is 10.5 Å². The Morgan fingerprint density at radius 3 is 2.54 bits per heavy atom. The largest absolute Gasteiger partial charge is 0.359 e. The second-order valence-electron chi connectivity index (χ2n) is 4.89. The van der Waals surface area contributed by atoms with Gasteiger partial charge >= 0.3 is 0 Å². The third kappa shape index (κ3) is 4.13. The van der Waals surface area contributed by atoms with Crippen LogP contribution >= 0.6 is 11.6 Å². The van der Waals surface area contributed by atoms with Crippen LogP contribution < -0.4 is 10.6 Å². The maximum absolute atomic E-state index is 12.5. The van der Waals surface area contributed by atoms with E-state index in [2.05, 4.69) is 10.6 Å². The lowest BCUT2D eigenvalue weighted by Crippen LogP contribution is -2.13. The van der Waals surface area contributed by atoms with Crippen LogP contribution in [0.5, 0.6) is 0 Å². The predicted octanol–water partition coefficient (Wildman–Crippen LogP) is 4.24. The van der Waals surface area contributed by atoms with Gasteiger partial charge in [0.05, 0.1) is 11.3 Å². The molecule has 0 radical (unpaired) electrons. The van der Waals surface area contributed by atoms with Crippen LogP contribution in [-0.2, 0) is 0 Å². The van der Waals surface area contributed by atoms with Crippen LogP contribution in [0, 0.1) is 29.6 Å². The van der Waals surface area contributed by atoms with Gasteiger partial charge in [-0.25, -0.2) is 0 Å². The van der Waals surface area contributed by atoms with Crippen molar-refractivity contribution in [2.24, 2.45) is 0 Å². The normalized spacial score (nSPS) is 9.33. The van der Waals surface area contributed by atoms with Crippen molar-refractivity contribution in [3.63, 3.8) is 0 Å². The molecule has 2 aromatic rings. The minimum absolute atomic E-state index is 0.0875. The number of nitrogens with one attached hydrogen (secondary N) is 2.